The van der Waals surface area contributed by atoms with Crippen LogP contribution in [0.5, 0.6) is 0 Å². The third-order valence-corrected chi connectivity index (χ3v) is 2.59. The lowest BCUT2D eigenvalue weighted by Crippen LogP contribution is -2.35. The van der Waals surface area contributed by atoms with Gasteiger partial charge in [0.05, 0.1) is 6.42 Å². The van der Waals surface area contributed by atoms with Crippen molar-refractivity contribution >= 4 is 11.8 Å². The summed E-state index contributed by atoms with van der Waals surface area (Å²) >= 11 is 0. The summed E-state index contributed by atoms with van der Waals surface area (Å²) in [6, 6.07) is 1.81. The maximum Gasteiger partial charge on any atom is 0.305 e. The number of carbonyl (C=O) groups is 1. The molecule has 1 rings (SSSR count). The van der Waals surface area contributed by atoms with Gasteiger partial charge in [-0.05, 0) is 27.7 Å². The van der Waals surface area contributed by atoms with E-state index in [4.69, 9.17) is 5.11 Å². The number of aryl methyl sites for hydroxylation is 2. The highest BCUT2D eigenvalue weighted by Crippen LogP contribution is 2.16. The molecule has 1 N–H and O–H groups in total. The Labute approximate surface area is 102 Å². The number of aliphatic carboxylic acids is 1. The van der Waals surface area contributed by atoms with Crippen molar-refractivity contribution in [3.63, 3.8) is 0 Å². The van der Waals surface area contributed by atoms with Crippen molar-refractivity contribution in [3.05, 3.63) is 17.6 Å². The molecule has 0 radical (unpaired) electrons. The lowest BCUT2D eigenvalue weighted by atomic mass is 10.2. The Morgan fingerprint density at radius 1 is 1.47 bits per heavy atom. The third-order valence-electron chi connectivity index (χ3n) is 2.59. The second kappa shape index (κ2) is 5.61. The molecule has 1 aromatic rings. The van der Waals surface area contributed by atoms with Crippen molar-refractivity contribution < 1.29 is 9.90 Å². The average Bonchev–Trinajstić information content (AvgIpc) is 2.15. The van der Waals surface area contributed by atoms with Crippen LogP contribution in [0.25, 0.3) is 0 Å². The fourth-order valence-electron chi connectivity index (χ4n) is 1.91. The largest absolute Gasteiger partial charge is 0.481 e. The van der Waals surface area contributed by atoms with Gasteiger partial charge in [-0.25, -0.2) is 9.97 Å². The van der Waals surface area contributed by atoms with Crippen LogP contribution < -0.4 is 4.90 Å². The minimum Gasteiger partial charge on any atom is -0.481 e. The lowest BCUT2D eigenvalue weighted by molar-refractivity contribution is -0.137. The van der Waals surface area contributed by atoms with E-state index in [0.717, 1.165) is 18.1 Å². The molecule has 0 aromatic carbocycles. The zero-order valence-electron chi connectivity index (χ0n) is 10.8. The van der Waals surface area contributed by atoms with E-state index in [0.29, 0.717) is 5.82 Å². The van der Waals surface area contributed by atoms with Crippen molar-refractivity contribution in [2.24, 2.45) is 0 Å². The molecule has 1 unspecified atom stereocenters. The molecule has 0 aliphatic carbocycles. The molecule has 0 amide bonds. The predicted molar refractivity (Wildman–Crippen MR) is 66.2 cm³/mol. The highest BCUT2D eigenvalue weighted by Gasteiger charge is 2.17. The number of anilines is 1. The van der Waals surface area contributed by atoms with Gasteiger partial charge in [0.1, 0.15) is 11.6 Å². The zero-order valence-corrected chi connectivity index (χ0v) is 10.8. The first-order valence-corrected chi connectivity index (χ1v) is 5.74. The summed E-state index contributed by atoms with van der Waals surface area (Å²) in [6.45, 7) is 8.36. The average molecular weight is 237 g/mol. The Morgan fingerprint density at radius 3 is 2.59 bits per heavy atom. The van der Waals surface area contributed by atoms with E-state index in [2.05, 4.69) is 9.97 Å². The van der Waals surface area contributed by atoms with Crippen LogP contribution >= 0.6 is 0 Å². The molecule has 5 nitrogen and oxygen atoms in total. The topological polar surface area (TPSA) is 66.3 Å². The van der Waals surface area contributed by atoms with Gasteiger partial charge in [-0.3, -0.25) is 4.79 Å². The second-order valence-corrected chi connectivity index (χ2v) is 4.15. The summed E-state index contributed by atoms with van der Waals surface area (Å²) in [5, 5.41) is 8.82. The van der Waals surface area contributed by atoms with Crippen LogP contribution in [0.4, 0.5) is 5.82 Å². The molecule has 0 aliphatic rings. The quantitative estimate of drug-likeness (QED) is 0.845. The number of nitrogens with zero attached hydrogens (tertiary/aromatic N) is 3. The normalized spacial score (nSPS) is 12.2. The van der Waals surface area contributed by atoms with Crippen LogP contribution in [-0.2, 0) is 4.79 Å². The molecule has 0 saturated carbocycles. The van der Waals surface area contributed by atoms with Gasteiger partial charge in [-0.2, -0.15) is 0 Å². The van der Waals surface area contributed by atoms with Crippen molar-refractivity contribution in [3.8, 4) is 0 Å². The standard InChI is InChI=1S/C12H19N3O2/c1-5-15(9(3)7-12(16)17)11-6-8(2)13-10(4)14-11/h6,9H,5,7H2,1-4H3,(H,16,17). The predicted octanol–water partition coefficient (Wildman–Crippen LogP) is 1.78. The highest BCUT2D eigenvalue weighted by atomic mass is 16.4. The Bertz CT molecular complexity index is 386. The van der Waals surface area contributed by atoms with E-state index in [1.165, 1.54) is 0 Å². The summed E-state index contributed by atoms with van der Waals surface area (Å²) in [4.78, 5) is 21.3. The van der Waals surface area contributed by atoms with Crippen LogP contribution in [0, 0.1) is 13.8 Å². The highest BCUT2D eigenvalue weighted by molar-refractivity contribution is 5.68. The molecule has 1 aromatic heterocycles. The molecule has 0 spiro atoms. The van der Waals surface area contributed by atoms with Crippen molar-refractivity contribution in [2.75, 3.05) is 11.4 Å². The first kappa shape index (κ1) is 13.4. The Kier molecular flexibility index (Phi) is 4.43. The Hall–Kier alpha value is -1.65. The van der Waals surface area contributed by atoms with Gasteiger partial charge in [0.2, 0.25) is 0 Å². The Morgan fingerprint density at radius 2 is 2.12 bits per heavy atom. The molecular weight excluding hydrogens is 218 g/mol. The van der Waals surface area contributed by atoms with Gasteiger partial charge in [-0.1, -0.05) is 0 Å². The minimum atomic E-state index is -0.793. The van der Waals surface area contributed by atoms with Crippen LogP contribution in [0.2, 0.25) is 0 Å². The van der Waals surface area contributed by atoms with Crippen LogP contribution in [0.3, 0.4) is 0 Å². The van der Waals surface area contributed by atoms with E-state index in [1.807, 2.05) is 38.7 Å². The summed E-state index contributed by atoms with van der Waals surface area (Å²) in [5.41, 5.74) is 0.897. The summed E-state index contributed by atoms with van der Waals surface area (Å²) in [5.74, 6) is 0.714. The second-order valence-electron chi connectivity index (χ2n) is 4.15. The molecule has 0 bridgehead atoms. The van der Waals surface area contributed by atoms with E-state index < -0.39 is 5.97 Å². The number of aromatic nitrogens is 2. The molecule has 94 valence electrons. The van der Waals surface area contributed by atoms with Crippen LogP contribution in [0.15, 0.2) is 6.07 Å². The lowest BCUT2D eigenvalue weighted by Gasteiger charge is -2.28. The van der Waals surface area contributed by atoms with Crippen molar-refractivity contribution in [1.29, 1.82) is 0 Å². The first-order chi connectivity index (χ1) is 7.93. The SMILES string of the molecule is CCN(c1cc(C)nc(C)n1)C(C)CC(=O)O. The van der Waals surface area contributed by atoms with E-state index >= 15 is 0 Å². The number of hydrogen-bond donors (Lipinski definition) is 1. The monoisotopic (exact) mass is 237 g/mol. The Balaban J connectivity index is 2.96. The molecule has 0 saturated heterocycles. The van der Waals surface area contributed by atoms with Crippen molar-refractivity contribution in [2.45, 2.75) is 40.2 Å². The molecule has 1 atom stereocenters. The van der Waals surface area contributed by atoms with Gasteiger partial charge in [0.25, 0.3) is 0 Å². The van der Waals surface area contributed by atoms with Gasteiger partial charge in [0.15, 0.2) is 0 Å². The van der Waals surface area contributed by atoms with E-state index in [9.17, 15) is 4.79 Å². The summed E-state index contributed by atoms with van der Waals surface area (Å²) in [6.07, 6.45) is 0.107. The molecule has 0 aliphatic heterocycles. The van der Waals surface area contributed by atoms with Gasteiger partial charge in [0, 0.05) is 24.3 Å². The maximum atomic E-state index is 10.7. The minimum absolute atomic E-state index is 0.0776. The maximum absolute atomic E-state index is 10.7. The summed E-state index contributed by atoms with van der Waals surface area (Å²) < 4.78 is 0. The molecular formula is C12H19N3O2. The molecule has 0 fully saturated rings. The number of carboxylic acids is 1. The smallest absolute Gasteiger partial charge is 0.305 e. The number of hydrogen-bond acceptors (Lipinski definition) is 4. The van der Waals surface area contributed by atoms with Crippen LogP contribution in [-0.4, -0.2) is 33.6 Å². The first-order valence-electron chi connectivity index (χ1n) is 5.74. The van der Waals surface area contributed by atoms with Crippen molar-refractivity contribution in [1.82, 2.24) is 9.97 Å². The van der Waals surface area contributed by atoms with Gasteiger partial charge < -0.3 is 10.0 Å². The van der Waals surface area contributed by atoms with Crippen LogP contribution in [0.1, 0.15) is 31.8 Å². The van der Waals surface area contributed by atoms with Gasteiger partial charge in [-0.15, -0.1) is 0 Å². The summed E-state index contributed by atoms with van der Waals surface area (Å²) in [7, 11) is 0. The molecule has 5 heteroatoms. The number of carboxylic acid groups (broad SMARTS) is 1. The number of rotatable bonds is 5. The fourth-order valence-corrected chi connectivity index (χ4v) is 1.91. The zero-order chi connectivity index (χ0) is 13.0. The van der Waals surface area contributed by atoms with Gasteiger partial charge >= 0.3 is 5.97 Å². The molecule has 17 heavy (non-hydrogen) atoms. The third kappa shape index (κ3) is 3.69. The fraction of sp³-hybridized carbons (Fsp3) is 0.583. The van der Waals surface area contributed by atoms with E-state index in [-0.39, 0.29) is 12.5 Å². The molecule has 1 heterocycles. The van der Waals surface area contributed by atoms with E-state index in [1.54, 1.807) is 0 Å².